The average Bonchev–Trinajstić information content (AvgIpc) is 2.93. The van der Waals surface area contributed by atoms with E-state index in [0.29, 0.717) is 12.0 Å². The van der Waals surface area contributed by atoms with Gasteiger partial charge in [-0.15, -0.1) is 0 Å². The van der Waals surface area contributed by atoms with Crippen LogP contribution >= 0.6 is 0 Å². The summed E-state index contributed by atoms with van der Waals surface area (Å²) in [5.74, 6) is -1.23. The van der Waals surface area contributed by atoms with E-state index in [0.717, 1.165) is 18.4 Å². The lowest BCUT2D eigenvalue weighted by Crippen LogP contribution is -2.15. The van der Waals surface area contributed by atoms with Crippen LogP contribution in [0.25, 0.3) is 6.08 Å². The Bertz CT molecular complexity index is 932. The number of hydrogen-bond donors (Lipinski definition) is 3. The molecular weight excluding hydrogens is 496 g/mol. The van der Waals surface area contributed by atoms with Crippen molar-refractivity contribution in [1.82, 2.24) is 0 Å². The summed E-state index contributed by atoms with van der Waals surface area (Å²) in [5, 5.41) is 29.6. The molecule has 0 heterocycles. The topological polar surface area (TPSA) is 77.8 Å². The number of carboxylic acid groups (broad SMARTS) is 1. The standard InChI is InChI=1S/C36H54O4/c1-2-3-4-5-6-7-8-9-10-11-12-13-14-15-16-18-21-30(24-25-31-26-33(37)29-34(38)27-31)28-35(36(39)40)32-22-19-17-20-23-32/h17,19-20,22-27,29-30,35,37-38H,2-16,18,21,28H2,1H3,(H,39,40). The molecule has 0 saturated heterocycles. The molecule has 4 nitrogen and oxygen atoms in total. The van der Waals surface area contributed by atoms with Crippen molar-refractivity contribution in [2.75, 3.05) is 0 Å². The maximum Gasteiger partial charge on any atom is 0.310 e. The maximum atomic E-state index is 12.1. The second-order valence-corrected chi connectivity index (χ2v) is 11.5. The molecule has 2 aromatic rings. The SMILES string of the molecule is CCCCCCCCCCCCCCCCCCC(C=Cc1cc(O)cc(O)c1)CC(C(=O)O)c1ccccc1. The molecule has 0 spiro atoms. The number of phenolic OH excluding ortho intramolecular Hbond substituents is 2. The van der Waals surface area contributed by atoms with Gasteiger partial charge in [-0.2, -0.15) is 0 Å². The van der Waals surface area contributed by atoms with Gasteiger partial charge in [0.05, 0.1) is 5.92 Å². The number of aliphatic carboxylic acids is 1. The van der Waals surface area contributed by atoms with Crippen LogP contribution in [0.4, 0.5) is 0 Å². The largest absolute Gasteiger partial charge is 0.508 e. The van der Waals surface area contributed by atoms with Gasteiger partial charge in [-0.3, -0.25) is 4.79 Å². The summed E-state index contributed by atoms with van der Waals surface area (Å²) in [6, 6.07) is 14.0. The molecule has 0 bridgehead atoms. The van der Waals surface area contributed by atoms with Crippen LogP contribution in [-0.4, -0.2) is 21.3 Å². The van der Waals surface area contributed by atoms with Gasteiger partial charge in [0.2, 0.25) is 0 Å². The second kappa shape index (κ2) is 21.1. The van der Waals surface area contributed by atoms with E-state index in [1.807, 2.05) is 36.4 Å². The van der Waals surface area contributed by atoms with Crippen LogP contribution in [0, 0.1) is 5.92 Å². The first-order chi connectivity index (χ1) is 19.5. The van der Waals surface area contributed by atoms with Crippen LogP contribution < -0.4 is 0 Å². The minimum Gasteiger partial charge on any atom is -0.508 e. The zero-order chi connectivity index (χ0) is 28.8. The Hall–Kier alpha value is -2.75. The number of unbranched alkanes of at least 4 members (excludes halogenated alkanes) is 15. The molecule has 0 amide bonds. The third-order valence-corrected chi connectivity index (χ3v) is 7.95. The van der Waals surface area contributed by atoms with Gasteiger partial charge in [0, 0.05) is 6.07 Å². The molecule has 0 aromatic heterocycles. The molecule has 3 N–H and O–H groups in total. The number of benzene rings is 2. The fourth-order valence-corrected chi connectivity index (χ4v) is 5.58. The Morgan fingerprint density at radius 2 is 1.18 bits per heavy atom. The highest BCUT2D eigenvalue weighted by atomic mass is 16.4. The van der Waals surface area contributed by atoms with E-state index in [1.54, 1.807) is 12.1 Å². The molecule has 0 aliphatic heterocycles. The minimum absolute atomic E-state index is 0.0155. The molecule has 40 heavy (non-hydrogen) atoms. The van der Waals surface area contributed by atoms with E-state index < -0.39 is 11.9 Å². The molecule has 0 aliphatic carbocycles. The van der Waals surface area contributed by atoms with E-state index in [2.05, 4.69) is 13.0 Å². The van der Waals surface area contributed by atoms with Crippen molar-refractivity contribution in [3.63, 3.8) is 0 Å². The van der Waals surface area contributed by atoms with Crippen molar-refractivity contribution >= 4 is 12.0 Å². The Kier molecular flexibility index (Phi) is 17.6. The Balaban J connectivity index is 1.71. The monoisotopic (exact) mass is 550 g/mol. The Morgan fingerprint density at radius 1 is 0.700 bits per heavy atom. The lowest BCUT2D eigenvalue weighted by molar-refractivity contribution is -0.139. The highest BCUT2D eigenvalue weighted by molar-refractivity contribution is 5.76. The lowest BCUT2D eigenvalue weighted by atomic mass is 9.85. The molecule has 0 aliphatic rings. The van der Waals surface area contributed by atoms with Crippen molar-refractivity contribution < 1.29 is 20.1 Å². The summed E-state index contributed by atoms with van der Waals surface area (Å²) in [4.78, 5) is 12.1. The average molecular weight is 551 g/mol. The van der Waals surface area contributed by atoms with E-state index >= 15 is 0 Å². The van der Waals surface area contributed by atoms with Crippen LogP contribution in [0.15, 0.2) is 54.6 Å². The summed E-state index contributed by atoms with van der Waals surface area (Å²) in [7, 11) is 0. The van der Waals surface area contributed by atoms with Gasteiger partial charge in [0.25, 0.3) is 0 Å². The molecule has 2 aromatic carbocycles. The van der Waals surface area contributed by atoms with Gasteiger partial charge >= 0.3 is 5.97 Å². The smallest absolute Gasteiger partial charge is 0.310 e. The third-order valence-electron chi connectivity index (χ3n) is 7.95. The van der Waals surface area contributed by atoms with E-state index in [1.165, 1.54) is 102 Å². The summed E-state index contributed by atoms with van der Waals surface area (Å²) in [6.07, 6.45) is 26.7. The van der Waals surface area contributed by atoms with Crippen molar-refractivity contribution in [2.24, 2.45) is 5.92 Å². The van der Waals surface area contributed by atoms with Crippen molar-refractivity contribution in [1.29, 1.82) is 0 Å². The number of aromatic hydroxyl groups is 2. The summed E-state index contributed by atoms with van der Waals surface area (Å²) in [6.45, 7) is 2.27. The number of carboxylic acids is 1. The molecule has 222 valence electrons. The number of allylic oxidation sites excluding steroid dienone is 1. The van der Waals surface area contributed by atoms with Gasteiger partial charge < -0.3 is 15.3 Å². The summed E-state index contributed by atoms with van der Waals surface area (Å²) < 4.78 is 0. The van der Waals surface area contributed by atoms with Gasteiger partial charge in [0.1, 0.15) is 11.5 Å². The molecule has 2 atom stereocenters. The van der Waals surface area contributed by atoms with Crippen molar-refractivity contribution in [3.8, 4) is 11.5 Å². The summed E-state index contributed by atoms with van der Waals surface area (Å²) >= 11 is 0. The number of rotatable bonds is 23. The predicted octanol–water partition coefficient (Wildman–Crippen LogP) is 10.6. The third kappa shape index (κ3) is 15.1. The summed E-state index contributed by atoms with van der Waals surface area (Å²) in [5.41, 5.74) is 1.54. The van der Waals surface area contributed by atoms with Crippen LogP contribution in [-0.2, 0) is 4.79 Å². The number of carbonyl (C=O) groups is 1. The van der Waals surface area contributed by atoms with Gasteiger partial charge in [-0.05, 0) is 42.0 Å². The van der Waals surface area contributed by atoms with Gasteiger partial charge in [-0.25, -0.2) is 0 Å². The Morgan fingerprint density at radius 3 is 1.65 bits per heavy atom. The van der Waals surface area contributed by atoms with Gasteiger partial charge in [0.15, 0.2) is 0 Å². The van der Waals surface area contributed by atoms with Gasteiger partial charge in [-0.1, -0.05) is 152 Å². The lowest BCUT2D eigenvalue weighted by Gasteiger charge is -2.19. The van der Waals surface area contributed by atoms with E-state index in [9.17, 15) is 20.1 Å². The molecule has 0 fully saturated rings. The minimum atomic E-state index is -0.799. The first kappa shape index (κ1) is 33.5. The quantitative estimate of drug-likeness (QED) is 0.120. The first-order valence-electron chi connectivity index (χ1n) is 16.0. The van der Waals surface area contributed by atoms with Crippen LogP contribution in [0.3, 0.4) is 0 Å². The maximum absolute atomic E-state index is 12.1. The molecule has 2 unspecified atom stereocenters. The second-order valence-electron chi connectivity index (χ2n) is 11.5. The van der Waals surface area contributed by atoms with Crippen LogP contribution in [0.5, 0.6) is 11.5 Å². The highest BCUT2D eigenvalue weighted by Crippen LogP contribution is 2.30. The first-order valence-corrected chi connectivity index (χ1v) is 16.0. The molecule has 2 rings (SSSR count). The van der Waals surface area contributed by atoms with E-state index in [4.69, 9.17) is 0 Å². The van der Waals surface area contributed by atoms with Crippen LogP contribution in [0.1, 0.15) is 140 Å². The molecule has 4 heteroatoms. The normalized spacial score (nSPS) is 13.0. The Labute approximate surface area is 243 Å². The van der Waals surface area contributed by atoms with Crippen LogP contribution in [0.2, 0.25) is 0 Å². The molecular formula is C36H54O4. The van der Waals surface area contributed by atoms with E-state index in [-0.39, 0.29) is 17.4 Å². The number of hydrogen-bond acceptors (Lipinski definition) is 3. The predicted molar refractivity (Wildman–Crippen MR) is 168 cm³/mol. The zero-order valence-electron chi connectivity index (χ0n) is 24.9. The fourth-order valence-electron chi connectivity index (χ4n) is 5.58. The zero-order valence-corrected chi connectivity index (χ0v) is 24.9. The number of phenols is 2. The van der Waals surface area contributed by atoms with Crippen molar-refractivity contribution in [3.05, 3.63) is 65.7 Å². The fraction of sp³-hybridized carbons (Fsp3) is 0.583. The van der Waals surface area contributed by atoms with Crippen molar-refractivity contribution in [2.45, 2.75) is 128 Å². The highest BCUT2D eigenvalue weighted by Gasteiger charge is 2.23. The molecule has 0 saturated carbocycles. The molecule has 0 radical (unpaired) electrons.